The largest absolute Gasteiger partial charge is 0.481 e. The van der Waals surface area contributed by atoms with Crippen molar-refractivity contribution in [3.05, 3.63) is 23.9 Å². The maximum atomic E-state index is 11.2. The monoisotopic (exact) mass is 165 g/mol. The first-order valence-corrected chi connectivity index (χ1v) is 3.81. The van der Waals surface area contributed by atoms with Crippen LogP contribution in [0.3, 0.4) is 0 Å². The third-order valence-electron chi connectivity index (χ3n) is 1.59. The Morgan fingerprint density at radius 2 is 2.42 bits per heavy atom. The summed E-state index contributed by atoms with van der Waals surface area (Å²) in [5.74, 6) is 0.588. The Bertz CT molecular complexity index is 284. The van der Waals surface area contributed by atoms with E-state index in [-0.39, 0.29) is 5.78 Å². The maximum Gasteiger partial charge on any atom is 0.213 e. The first-order chi connectivity index (χ1) is 5.77. The maximum absolute atomic E-state index is 11.2. The molecular weight excluding hydrogens is 154 g/mol. The molecule has 0 aromatic carbocycles. The number of carbonyl (C=O) groups is 1. The lowest BCUT2D eigenvalue weighted by Gasteiger charge is -2.00. The highest BCUT2D eigenvalue weighted by Crippen LogP contribution is 2.09. The molecule has 3 nitrogen and oxygen atoms in total. The average Bonchev–Trinajstić information content (AvgIpc) is 2.17. The Morgan fingerprint density at radius 3 is 3.00 bits per heavy atom. The third kappa shape index (κ3) is 1.81. The minimum absolute atomic E-state index is 0.107. The van der Waals surface area contributed by atoms with E-state index in [0.717, 1.165) is 0 Å². The number of carbonyl (C=O) groups excluding carboxylic acids is 1. The van der Waals surface area contributed by atoms with E-state index in [1.807, 2.05) is 6.92 Å². The van der Waals surface area contributed by atoms with Gasteiger partial charge in [-0.25, -0.2) is 4.98 Å². The molecule has 0 saturated heterocycles. The zero-order valence-electron chi connectivity index (χ0n) is 7.20. The summed E-state index contributed by atoms with van der Waals surface area (Å²) >= 11 is 0. The van der Waals surface area contributed by atoms with Gasteiger partial charge in [0, 0.05) is 24.2 Å². The lowest BCUT2D eigenvalue weighted by atomic mass is 10.1. The van der Waals surface area contributed by atoms with E-state index in [0.29, 0.717) is 17.9 Å². The zero-order chi connectivity index (χ0) is 8.97. The van der Waals surface area contributed by atoms with Gasteiger partial charge in [-0.2, -0.15) is 0 Å². The summed E-state index contributed by atoms with van der Waals surface area (Å²) in [6.07, 6.45) is 2.08. The van der Waals surface area contributed by atoms with Gasteiger partial charge in [0.25, 0.3) is 0 Å². The molecule has 1 heterocycles. The zero-order valence-corrected chi connectivity index (χ0v) is 7.20. The molecule has 64 valence electrons. The quantitative estimate of drug-likeness (QED) is 0.640. The number of aromatic nitrogens is 1. The van der Waals surface area contributed by atoms with Crippen molar-refractivity contribution in [1.82, 2.24) is 4.98 Å². The molecule has 0 aliphatic carbocycles. The van der Waals surface area contributed by atoms with E-state index in [1.54, 1.807) is 18.3 Å². The van der Waals surface area contributed by atoms with Gasteiger partial charge in [-0.3, -0.25) is 4.79 Å². The van der Waals surface area contributed by atoms with Gasteiger partial charge in [0.2, 0.25) is 5.88 Å². The van der Waals surface area contributed by atoms with E-state index in [1.165, 1.54) is 7.11 Å². The van der Waals surface area contributed by atoms with Crippen LogP contribution in [0.1, 0.15) is 23.7 Å². The van der Waals surface area contributed by atoms with Crippen LogP contribution in [-0.4, -0.2) is 17.9 Å². The predicted molar refractivity (Wildman–Crippen MR) is 45.4 cm³/mol. The number of ether oxygens (including phenoxy) is 1. The Balaban J connectivity index is 2.93. The van der Waals surface area contributed by atoms with Crippen LogP contribution in [0.25, 0.3) is 0 Å². The van der Waals surface area contributed by atoms with E-state index in [4.69, 9.17) is 4.74 Å². The Kier molecular flexibility index (Phi) is 2.80. The van der Waals surface area contributed by atoms with Crippen LogP contribution in [0.2, 0.25) is 0 Å². The number of pyridine rings is 1. The summed E-state index contributed by atoms with van der Waals surface area (Å²) in [6, 6.07) is 3.33. The molecule has 1 rings (SSSR count). The van der Waals surface area contributed by atoms with Crippen molar-refractivity contribution < 1.29 is 9.53 Å². The van der Waals surface area contributed by atoms with Gasteiger partial charge >= 0.3 is 0 Å². The molecule has 3 heteroatoms. The number of hydrogen-bond acceptors (Lipinski definition) is 3. The summed E-state index contributed by atoms with van der Waals surface area (Å²) in [5, 5.41) is 0. The fourth-order valence-corrected chi connectivity index (χ4v) is 0.899. The molecule has 0 radical (unpaired) electrons. The molecular formula is C9H11NO2. The van der Waals surface area contributed by atoms with Gasteiger partial charge < -0.3 is 4.74 Å². The topological polar surface area (TPSA) is 39.2 Å². The molecule has 0 N–H and O–H groups in total. The molecule has 0 unspecified atom stereocenters. The highest BCUT2D eigenvalue weighted by molar-refractivity contribution is 5.95. The van der Waals surface area contributed by atoms with Gasteiger partial charge in [0.1, 0.15) is 0 Å². The highest BCUT2D eigenvalue weighted by Gasteiger charge is 2.03. The summed E-state index contributed by atoms with van der Waals surface area (Å²) in [5.41, 5.74) is 0.657. The Morgan fingerprint density at radius 1 is 1.67 bits per heavy atom. The summed E-state index contributed by atoms with van der Waals surface area (Å²) < 4.78 is 4.89. The molecule has 1 aromatic heterocycles. The Hall–Kier alpha value is -1.38. The van der Waals surface area contributed by atoms with Crippen LogP contribution in [0.5, 0.6) is 5.88 Å². The lowest BCUT2D eigenvalue weighted by molar-refractivity contribution is 0.0987. The van der Waals surface area contributed by atoms with Crippen molar-refractivity contribution in [1.29, 1.82) is 0 Å². The van der Waals surface area contributed by atoms with Gasteiger partial charge in [0.05, 0.1) is 7.11 Å². The van der Waals surface area contributed by atoms with Crippen molar-refractivity contribution in [2.75, 3.05) is 7.11 Å². The van der Waals surface area contributed by atoms with Crippen LogP contribution < -0.4 is 4.74 Å². The number of methoxy groups -OCH3 is 1. The molecule has 0 fully saturated rings. The first-order valence-electron chi connectivity index (χ1n) is 3.81. The van der Waals surface area contributed by atoms with Crippen LogP contribution in [0.15, 0.2) is 18.3 Å². The van der Waals surface area contributed by atoms with Gasteiger partial charge in [0.15, 0.2) is 5.78 Å². The molecule has 0 spiro atoms. The van der Waals surface area contributed by atoms with E-state index < -0.39 is 0 Å². The summed E-state index contributed by atoms with van der Waals surface area (Å²) in [4.78, 5) is 15.1. The van der Waals surface area contributed by atoms with E-state index in [2.05, 4.69) is 4.98 Å². The summed E-state index contributed by atoms with van der Waals surface area (Å²) in [7, 11) is 1.53. The fourth-order valence-electron chi connectivity index (χ4n) is 0.899. The Labute approximate surface area is 71.4 Å². The molecule has 0 aliphatic heterocycles. The SMILES string of the molecule is CCC(=O)c1ccnc(OC)c1. The first kappa shape index (κ1) is 8.71. The van der Waals surface area contributed by atoms with Crippen molar-refractivity contribution in [2.24, 2.45) is 0 Å². The fraction of sp³-hybridized carbons (Fsp3) is 0.333. The van der Waals surface area contributed by atoms with E-state index >= 15 is 0 Å². The summed E-state index contributed by atoms with van der Waals surface area (Å²) in [6.45, 7) is 1.83. The predicted octanol–water partition coefficient (Wildman–Crippen LogP) is 1.68. The molecule has 0 atom stereocenters. The highest BCUT2D eigenvalue weighted by atomic mass is 16.5. The number of hydrogen-bond donors (Lipinski definition) is 0. The normalized spacial score (nSPS) is 9.50. The molecule has 12 heavy (non-hydrogen) atoms. The van der Waals surface area contributed by atoms with Crippen LogP contribution in [-0.2, 0) is 0 Å². The number of rotatable bonds is 3. The number of ketones is 1. The van der Waals surface area contributed by atoms with Crippen molar-refractivity contribution in [3.8, 4) is 5.88 Å². The molecule has 0 bridgehead atoms. The average molecular weight is 165 g/mol. The van der Waals surface area contributed by atoms with Gasteiger partial charge in [-0.1, -0.05) is 6.92 Å². The van der Waals surface area contributed by atoms with Gasteiger partial charge in [-0.15, -0.1) is 0 Å². The minimum atomic E-state index is 0.107. The minimum Gasteiger partial charge on any atom is -0.481 e. The van der Waals surface area contributed by atoms with Crippen LogP contribution >= 0.6 is 0 Å². The smallest absolute Gasteiger partial charge is 0.213 e. The second-order valence-corrected chi connectivity index (χ2v) is 2.36. The number of Topliss-reactive ketones (excluding diaryl/α,β-unsaturated/α-hetero) is 1. The second kappa shape index (κ2) is 3.85. The van der Waals surface area contributed by atoms with Crippen molar-refractivity contribution >= 4 is 5.78 Å². The molecule has 0 aliphatic rings. The molecule has 0 amide bonds. The lowest BCUT2D eigenvalue weighted by Crippen LogP contribution is -1.97. The molecule has 0 saturated carbocycles. The number of nitrogens with zero attached hydrogens (tertiary/aromatic N) is 1. The standard InChI is InChI=1S/C9H11NO2/c1-3-8(11)7-4-5-10-9(6-7)12-2/h4-6H,3H2,1-2H3. The van der Waals surface area contributed by atoms with E-state index in [9.17, 15) is 4.79 Å². The van der Waals surface area contributed by atoms with Crippen LogP contribution in [0, 0.1) is 0 Å². The van der Waals surface area contributed by atoms with Crippen LogP contribution in [0.4, 0.5) is 0 Å². The second-order valence-electron chi connectivity index (χ2n) is 2.36. The third-order valence-corrected chi connectivity index (χ3v) is 1.59. The van der Waals surface area contributed by atoms with Crippen molar-refractivity contribution in [3.63, 3.8) is 0 Å². The molecule has 1 aromatic rings. The van der Waals surface area contributed by atoms with Gasteiger partial charge in [-0.05, 0) is 6.07 Å². The van der Waals surface area contributed by atoms with Crippen molar-refractivity contribution in [2.45, 2.75) is 13.3 Å².